The second-order valence-electron chi connectivity index (χ2n) is 6.38. The predicted octanol–water partition coefficient (Wildman–Crippen LogP) is 3.03. The largest absolute Gasteiger partial charge is 0.493 e. The molecule has 1 aromatic heterocycles. The molecule has 6 nitrogen and oxygen atoms in total. The van der Waals surface area contributed by atoms with Gasteiger partial charge in [0.1, 0.15) is 11.0 Å². The number of methoxy groups -OCH3 is 2. The van der Waals surface area contributed by atoms with Crippen LogP contribution >= 0.6 is 11.6 Å². The molecule has 144 valence electrons. The number of piperazine rings is 1. The molecule has 1 saturated heterocycles. The van der Waals surface area contributed by atoms with Gasteiger partial charge in [-0.15, -0.1) is 0 Å². The second kappa shape index (κ2) is 8.95. The summed E-state index contributed by atoms with van der Waals surface area (Å²) in [6.07, 6.45) is 1.15. The number of ether oxygens (including phenoxy) is 2. The summed E-state index contributed by atoms with van der Waals surface area (Å²) in [7, 11) is 3.22. The van der Waals surface area contributed by atoms with Crippen LogP contribution in [0.3, 0.4) is 0 Å². The summed E-state index contributed by atoms with van der Waals surface area (Å²) in [6.45, 7) is 2.91. The lowest BCUT2D eigenvalue weighted by Gasteiger charge is -2.35. The van der Waals surface area contributed by atoms with Crippen molar-refractivity contribution in [3.8, 4) is 11.5 Å². The van der Waals surface area contributed by atoms with Crippen LogP contribution in [-0.2, 0) is 11.2 Å². The van der Waals surface area contributed by atoms with Gasteiger partial charge in [0.2, 0.25) is 5.91 Å². The Labute approximate surface area is 164 Å². The molecule has 2 aromatic rings. The van der Waals surface area contributed by atoms with Crippen molar-refractivity contribution in [1.82, 2.24) is 9.88 Å². The standard InChI is InChI=1S/C20H24ClN3O3/c1-26-16-8-6-15(14-17(16)27-2)7-9-20(25)24-12-10-23(11-13-24)19-5-3-4-18(21)22-19/h3-6,8,14H,7,9-13H2,1-2H3. The summed E-state index contributed by atoms with van der Waals surface area (Å²) >= 11 is 5.96. The monoisotopic (exact) mass is 389 g/mol. The molecule has 1 aliphatic rings. The minimum Gasteiger partial charge on any atom is -0.493 e. The maximum atomic E-state index is 12.6. The Morgan fingerprint density at radius 3 is 2.48 bits per heavy atom. The van der Waals surface area contributed by atoms with E-state index in [0.717, 1.165) is 24.5 Å². The van der Waals surface area contributed by atoms with Gasteiger partial charge in [0.25, 0.3) is 0 Å². The Kier molecular flexibility index (Phi) is 6.40. The lowest BCUT2D eigenvalue weighted by atomic mass is 10.1. The fourth-order valence-corrected chi connectivity index (χ4v) is 3.36. The van der Waals surface area contributed by atoms with Gasteiger partial charge in [0, 0.05) is 32.6 Å². The molecule has 1 fully saturated rings. The topological polar surface area (TPSA) is 54.9 Å². The molecule has 1 aromatic carbocycles. The predicted molar refractivity (Wildman–Crippen MR) is 106 cm³/mol. The molecule has 27 heavy (non-hydrogen) atoms. The van der Waals surface area contributed by atoms with Crippen molar-refractivity contribution in [1.29, 1.82) is 0 Å². The van der Waals surface area contributed by atoms with Crippen molar-refractivity contribution < 1.29 is 14.3 Å². The minimum atomic E-state index is 0.170. The quantitative estimate of drug-likeness (QED) is 0.711. The number of carbonyl (C=O) groups excluding carboxylic acids is 1. The third-order valence-corrected chi connectivity index (χ3v) is 4.94. The number of halogens is 1. The lowest BCUT2D eigenvalue weighted by molar-refractivity contribution is -0.131. The first-order valence-electron chi connectivity index (χ1n) is 8.97. The molecular formula is C20H24ClN3O3. The summed E-state index contributed by atoms with van der Waals surface area (Å²) in [4.78, 5) is 21.0. The lowest BCUT2D eigenvalue weighted by Crippen LogP contribution is -2.49. The van der Waals surface area contributed by atoms with Crippen LogP contribution in [0.2, 0.25) is 5.15 Å². The smallest absolute Gasteiger partial charge is 0.223 e. The van der Waals surface area contributed by atoms with Gasteiger partial charge < -0.3 is 19.3 Å². The van der Waals surface area contributed by atoms with E-state index in [4.69, 9.17) is 21.1 Å². The van der Waals surface area contributed by atoms with Gasteiger partial charge in [-0.1, -0.05) is 23.7 Å². The Bertz CT molecular complexity index is 792. The molecule has 1 amide bonds. The van der Waals surface area contributed by atoms with Crippen LogP contribution in [0.1, 0.15) is 12.0 Å². The van der Waals surface area contributed by atoms with Crippen LogP contribution < -0.4 is 14.4 Å². The highest BCUT2D eigenvalue weighted by molar-refractivity contribution is 6.29. The molecule has 0 bridgehead atoms. The van der Waals surface area contributed by atoms with Crippen LogP contribution in [0, 0.1) is 0 Å². The molecule has 7 heteroatoms. The number of rotatable bonds is 6. The molecule has 0 N–H and O–H groups in total. The molecule has 0 unspecified atom stereocenters. The molecule has 2 heterocycles. The van der Waals surface area contributed by atoms with Gasteiger partial charge in [-0.2, -0.15) is 0 Å². The maximum Gasteiger partial charge on any atom is 0.223 e. The van der Waals surface area contributed by atoms with E-state index in [1.54, 1.807) is 20.3 Å². The Hall–Kier alpha value is -2.47. The molecule has 3 rings (SSSR count). The number of aryl methyl sites for hydroxylation is 1. The number of anilines is 1. The van der Waals surface area contributed by atoms with Crippen molar-refractivity contribution >= 4 is 23.3 Å². The van der Waals surface area contributed by atoms with Gasteiger partial charge in [-0.05, 0) is 36.2 Å². The number of benzene rings is 1. The van der Waals surface area contributed by atoms with Crippen molar-refractivity contribution in [2.24, 2.45) is 0 Å². The minimum absolute atomic E-state index is 0.170. The second-order valence-corrected chi connectivity index (χ2v) is 6.76. The van der Waals surface area contributed by atoms with Crippen molar-refractivity contribution in [2.75, 3.05) is 45.3 Å². The molecule has 1 aliphatic heterocycles. The van der Waals surface area contributed by atoms with E-state index < -0.39 is 0 Å². The normalized spacial score (nSPS) is 14.2. The highest BCUT2D eigenvalue weighted by Crippen LogP contribution is 2.28. The zero-order valence-electron chi connectivity index (χ0n) is 15.7. The first kappa shape index (κ1) is 19.3. The number of amides is 1. The molecule has 0 saturated carbocycles. The van der Waals surface area contributed by atoms with E-state index in [9.17, 15) is 4.79 Å². The maximum absolute atomic E-state index is 12.6. The van der Waals surface area contributed by atoms with E-state index in [-0.39, 0.29) is 5.91 Å². The SMILES string of the molecule is COc1ccc(CCC(=O)N2CCN(c3cccc(Cl)n3)CC2)cc1OC. The highest BCUT2D eigenvalue weighted by atomic mass is 35.5. The summed E-state index contributed by atoms with van der Waals surface area (Å²) in [5.74, 6) is 2.41. The molecule has 0 aliphatic carbocycles. The van der Waals surface area contributed by atoms with Crippen LogP contribution in [-0.4, -0.2) is 56.2 Å². The number of hydrogen-bond donors (Lipinski definition) is 0. The van der Waals surface area contributed by atoms with E-state index in [1.807, 2.05) is 35.2 Å². The average Bonchev–Trinajstić information content (AvgIpc) is 2.71. The van der Waals surface area contributed by atoms with Crippen LogP contribution in [0.5, 0.6) is 11.5 Å². The summed E-state index contributed by atoms with van der Waals surface area (Å²) in [6, 6.07) is 11.4. The first-order valence-corrected chi connectivity index (χ1v) is 9.34. The van der Waals surface area contributed by atoms with Gasteiger partial charge in [-0.3, -0.25) is 4.79 Å². The third kappa shape index (κ3) is 4.83. The van der Waals surface area contributed by atoms with Crippen LogP contribution in [0.15, 0.2) is 36.4 Å². The van der Waals surface area contributed by atoms with Gasteiger partial charge in [-0.25, -0.2) is 4.98 Å². The number of pyridine rings is 1. The average molecular weight is 390 g/mol. The van der Waals surface area contributed by atoms with Crippen LogP contribution in [0.4, 0.5) is 5.82 Å². The number of nitrogens with zero attached hydrogens (tertiary/aromatic N) is 3. The molecule has 0 radical (unpaired) electrons. The zero-order valence-corrected chi connectivity index (χ0v) is 16.4. The van der Waals surface area contributed by atoms with Crippen molar-refractivity contribution in [3.05, 3.63) is 47.1 Å². The summed E-state index contributed by atoms with van der Waals surface area (Å²) in [5.41, 5.74) is 1.06. The van der Waals surface area contributed by atoms with Gasteiger partial charge in [0.05, 0.1) is 14.2 Å². The van der Waals surface area contributed by atoms with E-state index in [2.05, 4.69) is 9.88 Å². The van der Waals surface area contributed by atoms with Crippen molar-refractivity contribution in [2.45, 2.75) is 12.8 Å². The van der Waals surface area contributed by atoms with E-state index in [0.29, 0.717) is 42.6 Å². The number of hydrogen-bond acceptors (Lipinski definition) is 5. The Balaban J connectivity index is 1.51. The van der Waals surface area contributed by atoms with Gasteiger partial charge in [0.15, 0.2) is 11.5 Å². The van der Waals surface area contributed by atoms with Crippen LogP contribution in [0.25, 0.3) is 0 Å². The van der Waals surface area contributed by atoms with E-state index >= 15 is 0 Å². The number of carbonyl (C=O) groups is 1. The fourth-order valence-electron chi connectivity index (χ4n) is 3.20. The highest BCUT2D eigenvalue weighted by Gasteiger charge is 2.21. The van der Waals surface area contributed by atoms with Gasteiger partial charge >= 0.3 is 0 Å². The first-order chi connectivity index (χ1) is 13.1. The Morgan fingerprint density at radius 2 is 1.81 bits per heavy atom. The Morgan fingerprint density at radius 1 is 1.07 bits per heavy atom. The zero-order chi connectivity index (χ0) is 19.2. The molecule has 0 atom stereocenters. The number of aromatic nitrogens is 1. The molecular weight excluding hydrogens is 366 g/mol. The van der Waals surface area contributed by atoms with E-state index in [1.165, 1.54) is 0 Å². The molecule has 0 spiro atoms. The summed E-state index contributed by atoms with van der Waals surface area (Å²) in [5, 5.41) is 0.487. The third-order valence-electron chi connectivity index (χ3n) is 4.73. The van der Waals surface area contributed by atoms with Crippen molar-refractivity contribution in [3.63, 3.8) is 0 Å². The summed E-state index contributed by atoms with van der Waals surface area (Å²) < 4.78 is 10.6. The fraction of sp³-hybridized carbons (Fsp3) is 0.400.